The van der Waals surface area contributed by atoms with Crippen LogP contribution in [-0.4, -0.2) is 45.0 Å². The summed E-state index contributed by atoms with van der Waals surface area (Å²) in [6.07, 6.45) is 2.15. The van der Waals surface area contributed by atoms with Crippen molar-refractivity contribution in [3.8, 4) is 0 Å². The molecule has 0 bridgehead atoms. The number of aliphatic hydroxyl groups is 1. The molecule has 2 unspecified atom stereocenters. The standard InChI is InChI=1S/C13H22ClN3O/c1-9-7-13(18,5-6-16(9)3)8-11-12(14)10(2)15-17(11)4/h9,18H,5-8H2,1-4H3. The predicted molar refractivity (Wildman–Crippen MR) is 72.9 cm³/mol. The van der Waals surface area contributed by atoms with E-state index in [1.54, 1.807) is 4.68 Å². The van der Waals surface area contributed by atoms with Gasteiger partial charge in [-0.15, -0.1) is 0 Å². The molecule has 5 heteroatoms. The first-order valence-corrected chi connectivity index (χ1v) is 6.81. The third kappa shape index (κ3) is 2.56. The van der Waals surface area contributed by atoms with E-state index in [9.17, 15) is 5.11 Å². The van der Waals surface area contributed by atoms with Crippen molar-refractivity contribution in [2.45, 2.75) is 44.8 Å². The fraction of sp³-hybridized carbons (Fsp3) is 0.769. The molecule has 1 aliphatic rings. The van der Waals surface area contributed by atoms with Gasteiger partial charge < -0.3 is 10.0 Å². The monoisotopic (exact) mass is 271 g/mol. The van der Waals surface area contributed by atoms with Crippen molar-refractivity contribution in [2.75, 3.05) is 13.6 Å². The third-order valence-electron chi connectivity index (χ3n) is 4.12. The molecule has 0 radical (unpaired) electrons. The second kappa shape index (κ2) is 4.83. The molecule has 0 spiro atoms. The van der Waals surface area contributed by atoms with Gasteiger partial charge in [-0.25, -0.2) is 0 Å². The first kappa shape index (κ1) is 13.8. The summed E-state index contributed by atoms with van der Waals surface area (Å²) >= 11 is 6.26. The Hall–Kier alpha value is -0.580. The predicted octanol–water partition coefficient (Wildman–Crippen LogP) is 1.77. The summed E-state index contributed by atoms with van der Waals surface area (Å²) in [5, 5.41) is 15.7. The third-order valence-corrected chi connectivity index (χ3v) is 4.61. The molecule has 1 fully saturated rings. The van der Waals surface area contributed by atoms with E-state index in [1.165, 1.54) is 0 Å². The Morgan fingerprint density at radius 2 is 2.17 bits per heavy atom. The Bertz CT molecular complexity index is 446. The molecule has 0 saturated carbocycles. The van der Waals surface area contributed by atoms with Gasteiger partial charge in [0.15, 0.2) is 0 Å². The van der Waals surface area contributed by atoms with Gasteiger partial charge in [-0.1, -0.05) is 11.6 Å². The summed E-state index contributed by atoms with van der Waals surface area (Å²) < 4.78 is 1.79. The van der Waals surface area contributed by atoms with E-state index in [1.807, 2.05) is 14.0 Å². The van der Waals surface area contributed by atoms with Crippen molar-refractivity contribution in [2.24, 2.45) is 7.05 Å². The maximum absolute atomic E-state index is 10.7. The normalized spacial score (nSPS) is 29.8. The topological polar surface area (TPSA) is 41.3 Å². The van der Waals surface area contributed by atoms with E-state index < -0.39 is 5.60 Å². The molecule has 18 heavy (non-hydrogen) atoms. The van der Waals surface area contributed by atoms with Crippen molar-refractivity contribution in [3.63, 3.8) is 0 Å². The quantitative estimate of drug-likeness (QED) is 0.891. The molecule has 2 atom stereocenters. The number of piperidine rings is 1. The number of likely N-dealkylation sites (tertiary alicyclic amines) is 1. The van der Waals surface area contributed by atoms with Gasteiger partial charge in [-0.3, -0.25) is 4.68 Å². The highest BCUT2D eigenvalue weighted by Crippen LogP contribution is 2.32. The Balaban J connectivity index is 2.18. The highest BCUT2D eigenvalue weighted by molar-refractivity contribution is 6.31. The minimum Gasteiger partial charge on any atom is -0.389 e. The lowest BCUT2D eigenvalue weighted by atomic mass is 9.83. The van der Waals surface area contributed by atoms with Crippen LogP contribution in [-0.2, 0) is 13.5 Å². The van der Waals surface area contributed by atoms with Crippen LogP contribution in [0.25, 0.3) is 0 Å². The summed E-state index contributed by atoms with van der Waals surface area (Å²) in [6.45, 7) is 4.97. The zero-order valence-electron chi connectivity index (χ0n) is 11.6. The molecular weight excluding hydrogens is 250 g/mol. The molecule has 1 aliphatic heterocycles. The Morgan fingerprint density at radius 3 is 2.67 bits per heavy atom. The average Bonchev–Trinajstić information content (AvgIpc) is 2.51. The molecule has 0 aromatic carbocycles. The lowest BCUT2D eigenvalue weighted by Gasteiger charge is -2.41. The minimum absolute atomic E-state index is 0.400. The second-order valence-corrected chi connectivity index (χ2v) is 6.03. The van der Waals surface area contributed by atoms with E-state index in [-0.39, 0.29) is 0 Å². The van der Waals surface area contributed by atoms with Gasteiger partial charge in [0, 0.05) is 26.1 Å². The molecule has 2 heterocycles. The summed E-state index contributed by atoms with van der Waals surface area (Å²) in [6, 6.07) is 0.400. The van der Waals surface area contributed by atoms with Gasteiger partial charge in [0.05, 0.1) is 22.0 Å². The molecular formula is C13H22ClN3O. The fourth-order valence-electron chi connectivity index (χ4n) is 2.76. The van der Waals surface area contributed by atoms with Crippen LogP contribution in [0, 0.1) is 6.92 Å². The number of nitrogens with zero attached hydrogens (tertiary/aromatic N) is 3. The number of hydrogen-bond donors (Lipinski definition) is 1. The summed E-state index contributed by atoms with van der Waals surface area (Å²) in [7, 11) is 3.99. The van der Waals surface area contributed by atoms with Crippen LogP contribution in [0.15, 0.2) is 0 Å². The Morgan fingerprint density at radius 1 is 1.50 bits per heavy atom. The zero-order chi connectivity index (χ0) is 13.5. The molecule has 1 saturated heterocycles. The van der Waals surface area contributed by atoms with Crippen molar-refractivity contribution >= 4 is 11.6 Å². The Kier molecular flexibility index (Phi) is 3.72. The summed E-state index contributed by atoms with van der Waals surface area (Å²) in [5.74, 6) is 0. The second-order valence-electron chi connectivity index (χ2n) is 5.65. The minimum atomic E-state index is -0.657. The van der Waals surface area contributed by atoms with Crippen LogP contribution in [0.1, 0.15) is 31.2 Å². The maximum Gasteiger partial charge on any atom is 0.0848 e. The average molecular weight is 272 g/mol. The lowest BCUT2D eigenvalue weighted by molar-refractivity contribution is -0.0365. The van der Waals surface area contributed by atoms with Crippen LogP contribution in [0.2, 0.25) is 5.02 Å². The van der Waals surface area contributed by atoms with Gasteiger partial charge in [0.25, 0.3) is 0 Å². The number of rotatable bonds is 2. The molecule has 1 N–H and O–H groups in total. The van der Waals surface area contributed by atoms with E-state index in [2.05, 4.69) is 24.0 Å². The number of aromatic nitrogens is 2. The van der Waals surface area contributed by atoms with Crippen LogP contribution >= 0.6 is 11.6 Å². The molecule has 0 amide bonds. The van der Waals surface area contributed by atoms with Crippen molar-refractivity contribution in [3.05, 3.63) is 16.4 Å². The van der Waals surface area contributed by atoms with Gasteiger partial charge in [-0.05, 0) is 33.7 Å². The summed E-state index contributed by atoms with van der Waals surface area (Å²) in [5.41, 5.74) is 1.11. The first-order valence-electron chi connectivity index (χ1n) is 6.43. The number of halogens is 1. The highest BCUT2D eigenvalue weighted by Gasteiger charge is 2.36. The van der Waals surface area contributed by atoms with E-state index in [0.29, 0.717) is 17.5 Å². The van der Waals surface area contributed by atoms with Gasteiger partial charge in [0.2, 0.25) is 0 Å². The molecule has 4 nitrogen and oxygen atoms in total. The highest BCUT2D eigenvalue weighted by atomic mass is 35.5. The molecule has 2 rings (SSSR count). The summed E-state index contributed by atoms with van der Waals surface area (Å²) in [4.78, 5) is 2.28. The fourth-order valence-corrected chi connectivity index (χ4v) is 2.98. The maximum atomic E-state index is 10.7. The van der Waals surface area contributed by atoms with Crippen LogP contribution in [0.3, 0.4) is 0 Å². The van der Waals surface area contributed by atoms with E-state index >= 15 is 0 Å². The van der Waals surface area contributed by atoms with Gasteiger partial charge in [0.1, 0.15) is 0 Å². The van der Waals surface area contributed by atoms with Crippen molar-refractivity contribution < 1.29 is 5.11 Å². The number of aryl methyl sites for hydroxylation is 2. The first-order chi connectivity index (χ1) is 8.32. The lowest BCUT2D eigenvalue weighted by Crippen LogP contribution is -2.49. The smallest absolute Gasteiger partial charge is 0.0848 e. The van der Waals surface area contributed by atoms with Crippen LogP contribution in [0.5, 0.6) is 0 Å². The molecule has 102 valence electrons. The van der Waals surface area contributed by atoms with E-state index in [0.717, 1.165) is 30.8 Å². The van der Waals surface area contributed by atoms with Crippen molar-refractivity contribution in [1.82, 2.24) is 14.7 Å². The largest absolute Gasteiger partial charge is 0.389 e. The van der Waals surface area contributed by atoms with Crippen molar-refractivity contribution in [1.29, 1.82) is 0 Å². The van der Waals surface area contributed by atoms with Crippen LogP contribution < -0.4 is 0 Å². The van der Waals surface area contributed by atoms with Crippen LogP contribution in [0.4, 0.5) is 0 Å². The molecule has 1 aromatic heterocycles. The van der Waals surface area contributed by atoms with E-state index in [4.69, 9.17) is 11.6 Å². The van der Waals surface area contributed by atoms with Gasteiger partial charge in [-0.2, -0.15) is 5.10 Å². The SMILES string of the molecule is Cc1nn(C)c(CC2(O)CCN(C)C(C)C2)c1Cl. The molecule has 1 aromatic rings. The molecule has 0 aliphatic carbocycles. The Labute approximate surface area is 114 Å². The number of hydrogen-bond acceptors (Lipinski definition) is 3. The van der Waals surface area contributed by atoms with Gasteiger partial charge >= 0.3 is 0 Å². The zero-order valence-corrected chi connectivity index (χ0v) is 12.3.